The van der Waals surface area contributed by atoms with E-state index in [4.69, 9.17) is 0 Å². The molecule has 2 aromatic rings. The lowest BCUT2D eigenvalue weighted by atomic mass is 10.3. The van der Waals surface area contributed by atoms with Crippen LogP contribution >= 0.6 is 22.7 Å². The van der Waals surface area contributed by atoms with E-state index in [1.165, 1.54) is 11.3 Å². The molecule has 0 bridgehead atoms. The number of anilines is 1. The zero-order valence-corrected chi connectivity index (χ0v) is 9.84. The van der Waals surface area contributed by atoms with Crippen LogP contribution in [0.1, 0.15) is 16.3 Å². The summed E-state index contributed by atoms with van der Waals surface area (Å²) >= 11 is 3.43. The quantitative estimate of drug-likeness (QED) is 0.864. The van der Waals surface area contributed by atoms with Gasteiger partial charge >= 0.3 is 0 Å². The highest BCUT2D eigenvalue weighted by Gasteiger charge is 2.01. The summed E-state index contributed by atoms with van der Waals surface area (Å²) < 4.78 is 0. The van der Waals surface area contributed by atoms with Crippen LogP contribution in [0.25, 0.3) is 0 Å². The topological polar surface area (TPSA) is 24.9 Å². The highest BCUT2D eigenvalue weighted by molar-refractivity contribution is 7.09. The smallest absolute Gasteiger partial charge is 0.112 e. The molecule has 0 aliphatic heterocycles. The SMILES string of the molecule is Cc1csc(CNc2cscc2C)n1. The molecule has 4 heteroatoms. The number of nitrogens with zero attached hydrogens (tertiary/aromatic N) is 1. The Labute approximate surface area is 91.6 Å². The number of hydrogen-bond acceptors (Lipinski definition) is 4. The molecule has 74 valence electrons. The molecule has 2 rings (SSSR count). The van der Waals surface area contributed by atoms with E-state index in [1.807, 2.05) is 6.92 Å². The Bertz CT molecular complexity index is 417. The molecule has 2 aromatic heterocycles. The predicted molar refractivity (Wildman–Crippen MR) is 63.2 cm³/mol. The fourth-order valence-corrected chi connectivity index (χ4v) is 2.71. The Balaban J connectivity index is 1.98. The fourth-order valence-electron chi connectivity index (χ4n) is 1.20. The van der Waals surface area contributed by atoms with Crippen LogP contribution in [0, 0.1) is 13.8 Å². The maximum atomic E-state index is 4.40. The number of nitrogens with one attached hydrogen (secondary N) is 1. The molecule has 0 atom stereocenters. The Hall–Kier alpha value is -0.870. The van der Waals surface area contributed by atoms with Crippen molar-refractivity contribution in [1.82, 2.24) is 4.98 Å². The number of aromatic nitrogens is 1. The second-order valence-electron chi connectivity index (χ2n) is 3.20. The van der Waals surface area contributed by atoms with Gasteiger partial charge in [-0.2, -0.15) is 0 Å². The zero-order chi connectivity index (χ0) is 9.97. The van der Waals surface area contributed by atoms with Gasteiger partial charge in [-0.1, -0.05) is 0 Å². The van der Waals surface area contributed by atoms with E-state index in [0.29, 0.717) is 0 Å². The first-order valence-electron chi connectivity index (χ1n) is 4.43. The first-order valence-corrected chi connectivity index (χ1v) is 6.25. The number of hydrogen-bond donors (Lipinski definition) is 1. The molecule has 0 aliphatic rings. The molecule has 0 spiro atoms. The predicted octanol–water partition coefficient (Wildman–Crippen LogP) is 3.43. The van der Waals surface area contributed by atoms with Gasteiger partial charge < -0.3 is 5.32 Å². The summed E-state index contributed by atoms with van der Waals surface area (Å²) in [5.74, 6) is 0. The van der Waals surface area contributed by atoms with Crippen molar-refractivity contribution in [3.05, 3.63) is 32.4 Å². The van der Waals surface area contributed by atoms with E-state index >= 15 is 0 Å². The van der Waals surface area contributed by atoms with Crippen molar-refractivity contribution in [1.29, 1.82) is 0 Å². The minimum atomic E-state index is 0.829. The number of thiazole rings is 1. The van der Waals surface area contributed by atoms with Crippen molar-refractivity contribution in [2.75, 3.05) is 5.32 Å². The van der Waals surface area contributed by atoms with Gasteiger partial charge in [0.1, 0.15) is 5.01 Å². The maximum absolute atomic E-state index is 4.40. The lowest BCUT2D eigenvalue weighted by Gasteiger charge is -2.01. The normalized spacial score (nSPS) is 10.4. The first-order chi connectivity index (χ1) is 6.75. The Kier molecular flexibility index (Phi) is 2.84. The van der Waals surface area contributed by atoms with E-state index in [-0.39, 0.29) is 0 Å². The van der Waals surface area contributed by atoms with Crippen LogP contribution in [0.15, 0.2) is 16.1 Å². The summed E-state index contributed by atoms with van der Waals surface area (Å²) in [7, 11) is 0. The molecule has 0 radical (unpaired) electrons. The van der Waals surface area contributed by atoms with Crippen molar-refractivity contribution in [3.63, 3.8) is 0 Å². The summed E-state index contributed by atoms with van der Waals surface area (Å²) in [6.07, 6.45) is 0. The molecule has 0 aromatic carbocycles. The second-order valence-corrected chi connectivity index (χ2v) is 4.89. The Morgan fingerprint density at radius 3 is 2.71 bits per heavy atom. The molecule has 0 saturated heterocycles. The summed E-state index contributed by atoms with van der Waals surface area (Å²) in [6, 6.07) is 0. The van der Waals surface area contributed by atoms with Gasteiger partial charge in [-0.15, -0.1) is 22.7 Å². The molecule has 2 nitrogen and oxygen atoms in total. The van der Waals surface area contributed by atoms with E-state index in [0.717, 1.165) is 17.2 Å². The standard InChI is InChI=1S/C10H12N2S2/c1-7-4-13-6-9(7)11-3-10-12-8(2)5-14-10/h4-6,11H,3H2,1-2H3. The molecule has 2 heterocycles. The van der Waals surface area contributed by atoms with E-state index in [1.54, 1.807) is 22.7 Å². The van der Waals surface area contributed by atoms with Crippen molar-refractivity contribution in [3.8, 4) is 0 Å². The van der Waals surface area contributed by atoms with Crippen molar-refractivity contribution >= 4 is 28.4 Å². The van der Waals surface area contributed by atoms with Crippen molar-refractivity contribution in [2.45, 2.75) is 20.4 Å². The summed E-state index contributed by atoms with van der Waals surface area (Å²) in [5.41, 5.74) is 3.64. The molecular formula is C10H12N2S2. The van der Waals surface area contributed by atoms with E-state index < -0.39 is 0 Å². The molecule has 0 fully saturated rings. The van der Waals surface area contributed by atoms with Crippen LogP contribution in [0.4, 0.5) is 5.69 Å². The van der Waals surface area contributed by atoms with Gasteiger partial charge in [-0.05, 0) is 24.8 Å². The summed E-state index contributed by atoms with van der Waals surface area (Å²) in [4.78, 5) is 4.40. The van der Waals surface area contributed by atoms with E-state index in [9.17, 15) is 0 Å². The van der Waals surface area contributed by atoms with Gasteiger partial charge in [0.25, 0.3) is 0 Å². The first kappa shape index (κ1) is 9.68. The van der Waals surface area contributed by atoms with Gasteiger partial charge in [-0.25, -0.2) is 4.98 Å². The molecule has 0 unspecified atom stereocenters. The molecule has 1 N–H and O–H groups in total. The lowest BCUT2D eigenvalue weighted by Crippen LogP contribution is -1.98. The van der Waals surface area contributed by atoms with Crippen LogP contribution < -0.4 is 5.32 Å². The van der Waals surface area contributed by atoms with Crippen LogP contribution in [0.5, 0.6) is 0 Å². The van der Waals surface area contributed by atoms with Gasteiger partial charge in [-0.3, -0.25) is 0 Å². The third-order valence-corrected chi connectivity index (χ3v) is 3.78. The number of aryl methyl sites for hydroxylation is 2. The number of thiophene rings is 1. The van der Waals surface area contributed by atoms with Crippen LogP contribution in [0.2, 0.25) is 0 Å². The van der Waals surface area contributed by atoms with Gasteiger partial charge in [0, 0.05) is 22.1 Å². The van der Waals surface area contributed by atoms with Crippen LogP contribution in [0.3, 0.4) is 0 Å². The molecular weight excluding hydrogens is 212 g/mol. The molecule has 14 heavy (non-hydrogen) atoms. The van der Waals surface area contributed by atoms with Crippen molar-refractivity contribution in [2.24, 2.45) is 0 Å². The third-order valence-electron chi connectivity index (χ3n) is 1.95. The highest BCUT2D eigenvalue weighted by Crippen LogP contribution is 2.20. The third kappa shape index (κ3) is 2.13. The molecule has 0 amide bonds. The van der Waals surface area contributed by atoms with Gasteiger partial charge in [0.2, 0.25) is 0 Å². The molecule has 0 saturated carbocycles. The maximum Gasteiger partial charge on any atom is 0.112 e. The van der Waals surface area contributed by atoms with Crippen molar-refractivity contribution < 1.29 is 0 Å². The largest absolute Gasteiger partial charge is 0.378 e. The summed E-state index contributed by atoms with van der Waals surface area (Å²) in [5, 5.41) is 10.9. The minimum Gasteiger partial charge on any atom is -0.378 e. The second kappa shape index (κ2) is 4.11. The Morgan fingerprint density at radius 1 is 1.29 bits per heavy atom. The fraction of sp³-hybridized carbons (Fsp3) is 0.300. The van der Waals surface area contributed by atoms with Crippen LogP contribution in [-0.2, 0) is 6.54 Å². The monoisotopic (exact) mass is 224 g/mol. The van der Waals surface area contributed by atoms with Crippen LogP contribution in [-0.4, -0.2) is 4.98 Å². The molecule has 0 aliphatic carbocycles. The average molecular weight is 224 g/mol. The van der Waals surface area contributed by atoms with Gasteiger partial charge in [0.15, 0.2) is 0 Å². The number of rotatable bonds is 3. The summed E-state index contributed by atoms with van der Waals surface area (Å²) in [6.45, 7) is 4.97. The lowest BCUT2D eigenvalue weighted by molar-refractivity contribution is 1.07. The minimum absolute atomic E-state index is 0.829. The Morgan fingerprint density at radius 2 is 2.14 bits per heavy atom. The highest BCUT2D eigenvalue weighted by atomic mass is 32.1. The average Bonchev–Trinajstić information content (AvgIpc) is 2.72. The van der Waals surface area contributed by atoms with E-state index in [2.05, 4.69) is 33.4 Å². The van der Waals surface area contributed by atoms with Gasteiger partial charge in [0.05, 0.1) is 6.54 Å². The zero-order valence-electron chi connectivity index (χ0n) is 8.20.